The molecule has 2 aliphatic heterocycles. The Morgan fingerprint density at radius 3 is 2.77 bits per heavy atom. The van der Waals surface area contributed by atoms with E-state index < -0.39 is 0 Å². The lowest BCUT2D eigenvalue weighted by Gasteiger charge is -2.38. The first-order chi connectivity index (χ1) is 12.5. The average Bonchev–Trinajstić information content (AvgIpc) is 3.08. The van der Waals surface area contributed by atoms with Gasteiger partial charge in [-0.3, -0.25) is 0 Å². The SMILES string of the molecule is CCC(CCC1CC(CCN(C)C)=CN1)C1CC(OC)CC(COC)O1. The molecule has 2 heterocycles. The number of hydrogen-bond acceptors (Lipinski definition) is 5. The largest absolute Gasteiger partial charge is 0.388 e. The third-order valence-electron chi connectivity index (χ3n) is 5.92. The number of nitrogens with one attached hydrogen (secondary N) is 1. The maximum atomic E-state index is 6.37. The topological polar surface area (TPSA) is 43.0 Å². The first-order valence-corrected chi connectivity index (χ1v) is 10.3. The molecule has 0 bridgehead atoms. The van der Waals surface area contributed by atoms with Gasteiger partial charge in [-0.15, -0.1) is 0 Å². The van der Waals surface area contributed by atoms with E-state index in [0.29, 0.717) is 30.8 Å². The average molecular weight is 369 g/mol. The summed E-state index contributed by atoms with van der Waals surface area (Å²) < 4.78 is 17.4. The van der Waals surface area contributed by atoms with E-state index in [1.54, 1.807) is 12.7 Å². The molecule has 0 aromatic rings. The van der Waals surface area contributed by atoms with Gasteiger partial charge in [-0.1, -0.05) is 18.9 Å². The number of hydrogen-bond donors (Lipinski definition) is 1. The van der Waals surface area contributed by atoms with Crippen molar-refractivity contribution in [3.05, 3.63) is 11.8 Å². The summed E-state index contributed by atoms with van der Waals surface area (Å²) in [5.74, 6) is 0.597. The number of ether oxygens (including phenoxy) is 3. The molecule has 1 N–H and O–H groups in total. The smallest absolute Gasteiger partial charge is 0.0836 e. The van der Waals surface area contributed by atoms with Gasteiger partial charge in [-0.25, -0.2) is 0 Å². The summed E-state index contributed by atoms with van der Waals surface area (Å²) >= 11 is 0. The molecular formula is C21H40N2O3. The van der Waals surface area contributed by atoms with E-state index in [1.165, 1.54) is 25.7 Å². The van der Waals surface area contributed by atoms with Crippen molar-refractivity contribution in [1.82, 2.24) is 10.2 Å². The molecule has 0 spiro atoms. The fraction of sp³-hybridized carbons (Fsp3) is 0.905. The van der Waals surface area contributed by atoms with Crippen LogP contribution in [0.5, 0.6) is 0 Å². The lowest BCUT2D eigenvalue weighted by atomic mass is 9.86. The summed E-state index contributed by atoms with van der Waals surface area (Å²) in [5, 5.41) is 3.60. The van der Waals surface area contributed by atoms with E-state index >= 15 is 0 Å². The highest BCUT2D eigenvalue weighted by atomic mass is 16.5. The zero-order valence-electron chi connectivity index (χ0n) is 17.5. The second kappa shape index (κ2) is 11.3. The Balaban J connectivity index is 1.78. The van der Waals surface area contributed by atoms with E-state index in [0.717, 1.165) is 25.8 Å². The highest BCUT2D eigenvalue weighted by Crippen LogP contribution is 2.32. The first-order valence-electron chi connectivity index (χ1n) is 10.3. The lowest BCUT2D eigenvalue weighted by Crippen LogP contribution is -2.42. The van der Waals surface area contributed by atoms with Crippen LogP contribution in [0.4, 0.5) is 0 Å². The Morgan fingerprint density at radius 1 is 1.31 bits per heavy atom. The first kappa shape index (κ1) is 21.7. The summed E-state index contributed by atoms with van der Waals surface area (Å²) in [7, 11) is 7.85. The minimum atomic E-state index is 0.168. The van der Waals surface area contributed by atoms with Gasteiger partial charge >= 0.3 is 0 Å². The Labute approximate surface area is 160 Å². The third-order valence-corrected chi connectivity index (χ3v) is 5.92. The van der Waals surface area contributed by atoms with Gasteiger partial charge in [0.1, 0.15) is 0 Å². The van der Waals surface area contributed by atoms with Crippen molar-refractivity contribution in [2.75, 3.05) is 41.5 Å². The van der Waals surface area contributed by atoms with Crippen molar-refractivity contribution in [3.8, 4) is 0 Å². The Bertz CT molecular complexity index is 427. The molecule has 2 aliphatic rings. The van der Waals surface area contributed by atoms with Crippen LogP contribution >= 0.6 is 0 Å². The van der Waals surface area contributed by atoms with E-state index in [9.17, 15) is 0 Å². The van der Waals surface area contributed by atoms with E-state index in [-0.39, 0.29) is 6.10 Å². The Kier molecular flexibility index (Phi) is 9.40. The summed E-state index contributed by atoms with van der Waals surface area (Å²) in [6.07, 6.45) is 10.9. The van der Waals surface area contributed by atoms with Gasteiger partial charge < -0.3 is 24.4 Å². The standard InChI is InChI=1S/C21H40N2O3/c1-6-17(21-13-19(25-5)12-20(26-21)15-24-4)7-8-18-11-16(14-22-18)9-10-23(2)3/h14,17-22H,6-13,15H2,1-5H3. The molecule has 0 saturated carbocycles. The molecule has 1 saturated heterocycles. The lowest BCUT2D eigenvalue weighted by molar-refractivity contribution is -0.143. The summed E-state index contributed by atoms with van der Waals surface area (Å²) in [5.41, 5.74) is 1.56. The summed E-state index contributed by atoms with van der Waals surface area (Å²) in [6, 6.07) is 0.595. The maximum Gasteiger partial charge on any atom is 0.0836 e. The fourth-order valence-corrected chi connectivity index (χ4v) is 4.26. The van der Waals surface area contributed by atoms with E-state index in [1.807, 2.05) is 7.11 Å². The highest BCUT2D eigenvalue weighted by Gasteiger charge is 2.34. The minimum absolute atomic E-state index is 0.168. The molecule has 1 fully saturated rings. The molecule has 0 amide bonds. The molecule has 5 unspecified atom stereocenters. The minimum Gasteiger partial charge on any atom is -0.388 e. The van der Waals surface area contributed by atoms with Gasteiger partial charge in [0.2, 0.25) is 0 Å². The van der Waals surface area contributed by atoms with Crippen LogP contribution in [0.25, 0.3) is 0 Å². The number of rotatable bonds is 11. The van der Waals surface area contributed by atoms with Crippen LogP contribution in [0.2, 0.25) is 0 Å². The third kappa shape index (κ3) is 6.84. The van der Waals surface area contributed by atoms with E-state index in [2.05, 4.69) is 37.4 Å². The van der Waals surface area contributed by atoms with Crippen molar-refractivity contribution in [2.24, 2.45) is 5.92 Å². The van der Waals surface area contributed by atoms with Gasteiger partial charge in [-0.2, -0.15) is 0 Å². The molecule has 26 heavy (non-hydrogen) atoms. The predicted molar refractivity (Wildman–Crippen MR) is 106 cm³/mol. The summed E-state index contributed by atoms with van der Waals surface area (Å²) in [4.78, 5) is 2.25. The van der Waals surface area contributed by atoms with Crippen LogP contribution < -0.4 is 5.32 Å². The van der Waals surface area contributed by atoms with Crippen molar-refractivity contribution >= 4 is 0 Å². The molecule has 152 valence electrons. The molecule has 0 aromatic carbocycles. The fourth-order valence-electron chi connectivity index (χ4n) is 4.26. The maximum absolute atomic E-state index is 6.37. The quantitative estimate of drug-likeness (QED) is 0.607. The molecule has 5 nitrogen and oxygen atoms in total. The van der Waals surface area contributed by atoms with E-state index in [4.69, 9.17) is 14.2 Å². The van der Waals surface area contributed by atoms with Gasteiger partial charge in [0.05, 0.1) is 24.9 Å². The molecule has 0 aliphatic carbocycles. The molecule has 0 radical (unpaired) electrons. The normalized spacial score (nSPS) is 30.3. The molecule has 2 rings (SSSR count). The molecule has 0 aromatic heterocycles. The van der Waals surface area contributed by atoms with Crippen molar-refractivity contribution < 1.29 is 14.2 Å². The molecular weight excluding hydrogens is 328 g/mol. The zero-order chi connectivity index (χ0) is 18.9. The van der Waals surface area contributed by atoms with Gasteiger partial charge in [0.15, 0.2) is 0 Å². The molecule has 5 heteroatoms. The van der Waals surface area contributed by atoms with Gasteiger partial charge in [0, 0.05) is 39.6 Å². The zero-order valence-corrected chi connectivity index (χ0v) is 17.5. The van der Waals surface area contributed by atoms with Gasteiger partial charge in [-0.05, 0) is 51.9 Å². The Hall–Kier alpha value is -0.620. The van der Waals surface area contributed by atoms with Gasteiger partial charge in [0.25, 0.3) is 0 Å². The monoisotopic (exact) mass is 368 g/mol. The predicted octanol–water partition coefficient (Wildman–Crippen LogP) is 3.20. The van der Waals surface area contributed by atoms with Crippen molar-refractivity contribution in [2.45, 2.75) is 76.2 Å². The Morgan fingerprint density at radius 2 is 2.12 bits per heavy atom. The second-order valence-electron chi connectivity index (χ2n) is 8.25. The summed E-state index contributed by atoms with van der Waals surface area (Å²) in [6.45, 7) is 4.09. The number of nitrogens with zero attached hydrogens (tertiary/aromatic N) is 1. The second-order valence-corrected chi connectivity index (χ2v) is 8.25. The van der Waals surface area contributed by atoms with Crippen molar-refractivity contribution in [3.63, 3.8) is 0 Å². The van der Waals surface area contributed by atoms with Crippen LogP contribution in [0.1, 0.15) is 51.9 Å². The van der Waals surface area contributed by atoms with Crippen LogP contribution in [-0.2, 0) is 14.2 Å². The van der Waals surface area contributed by atoms with Crippen LogP contribution in [0, 0.1) is 5.92 Å². The van der Waals surface area contributed by atoms with Crippen molar-refractivity contribution in [1.29, 1.82) is 0 Å². The highest BCUT2D eigenvalue weighted by molar-refractivity contribution is 5.10. The number of methoxy groups -OCH3 is 2. The van der Waals surface area contributed by atoms with Crippen LogP contribution in [0.15, 0.2) is 11.8 Å². The molecule has 5 atom stereocenters. The van der Waals surface area contributed by atoms with Crippen LogP contribution in [0.3, 0.4) is 0 Å². The van der Waals surface area contributed by atoms with Crippen LogP contribution in [-0.4, -0.2) is 70.7 Å².